The van der Waals surface area contributed by atoms with E-state index in [0.29, 0.717) is 0 Å². The van der Waals surface area contributed by atoms with Gasteiger partial charge >= 0.3 is 0 Å². The van der Waals surface area contributed by atoms with Gasteiger partial charge in [0.1, 0.15) is 0 Å². The Labute approximate surface area is 97.4 Å². The van der Waals surface area contributed by atoms with Crippen LogP contribution >= 0.6 is 47.8 Å². The van der Waals surface area contributed by atoms with E-state index in [-0.39, 0.29) is 2.14 Å². The zero-order valence-electron chi connectivity index (χ0n) is 6.23. The zero-order valence-corrected chi connectivity index (χ0v) is 11.0. The van der Waals surface area contributed by atoms with Crippen LogP contribution in [0, 0.1) is 0 Å². The molecule has 0 unspecified atom stereocenters. The second-order valence-electron chi connectivity index (χ2n) is 2.32. The van der Waals surface area contributed by atoms with Gasteiger partial charge in [-0.25, -0.2) is 0 Å². The van der Waals surface area contributed by atoms with E-state index >= 15 is 0 Å². The fourth-order valence-corrected chi connectivity index (χ4v) is 1.60. The van der Waals surface area contributed by atoms with Gasteiger partial charge in [0.05, 0.1) is 0 Å². The Morgan fingerprint density at radius 2 is 1.58 bits per heavy atom. The van der Waals surface area contributed by atoms with Crippen molar-refractivity contribution in [2.75, 3.05) is 0 Å². The molecular formula is C9H7Br3. The predicted octanol–water partition coefficient (Wildman–Crippen LogP) is 4.62. The van der Waals surface area contributed by atoms with Crippen LogP contribution in [0.3, 0.4) is 0 Å². The van der Waals surface area contributed by atoms with Crippen molar-refractivity contribution in [3.05, 3.63) is 42.0 Å². The summed E-state index contributed by atoms with van der Waals surface area (Å²) in [5.74, 6) is 0. The molecule has 0 aliphatic carbocycles. The topological polar surface area (TPSA) is 0 Å². The first-order valence-electron chi connectivity index (χ1n) is 3.34. The Kier molecular flexibility index (Phi) is 3.56. The predicted molar refractivity (Wildman–Crippen MR) is 65.0 cm³/mol. The summed E-state index contributed by atoms with van der Waals surface area (Å²) in [7, 11) is 0. The molecule has 1 aromatic carbocycles. The fraction of sp³-hybridized carbons (Fsp3) is 0.111. The number of alkyl halides is 3. The minimum absolute atomic E-state index is 0.313. The average molecular weight is 355 g/mol. The lowest BCUT2D eigenvalue weighted by atomic mass is 10.1. The van der Waals surface area contributed by atoms with Crippen LogP contribution in [0.1, 0.15) is 11.1 Å². The number of hydrogen-bond donors (Lipinski definition) is 0. The number of rotatable bonds is 1. The van der Waals surface area contributed by atoms with Gasteiger partial charge in [-0.1, -0.05) is 84.7 Å². The summed E-state index contributed by atoms with van der Waals surface area (Å²) in [5, 5.41) is 0. The monoisotopic (exact) mass is 352 g/mol. The van der Waals surface area contributed by atoms with E-state index in [1.54, 1.807) is 0 Å². The molecule has 3 heteroatoms. The minimum atomic E-state index is -0.313. The fourth-order valence-electron chi connectivity index (χ4n) is 0.808. The van der Waals surface area contributed by atoms with Gasteiger partial charge in [-0.2, -0.15) is 0 Å². The third-order valence-electron chi connectivity index (χ3n) is 1.47. The van der Waals surface area contributed by atoms with E-state index in [1.807, 2.05) is 30.3 Å². The van der Waals surface area contributed by atoms with E-state index in [4.69, 9.17) is 0 Å². The molecule has 0 bridgehead atoms. The highest BCUT2D eigenvalue weighted by Crippen LogP contribution is 2.44. The van der Waals surface area contributed by atoms with Gasteiger partial charge in [0, 0.05) is 0 Å². The maximum atomic E-state index is 3.69. The van der Waals surface area contributed by atoms with Gasteiger partial charge in [-0.15, -0.1) is 0 Å². The van der Waals surface area contributed by atoms with Crippen molar-refractivity contribution in [2.45, 2.75) is 2.14 Å². The first-order chi connectivity index (χ1) is 5.54. The van der Waals surface area contributed by atoms with Gasteiger partial charge in [-0.3, -0.25) is 0 Å². The molecule has 1 rings (SSSR count). The van der Waals surface area contributed by atoms with E-state index in [0.717, 1.165) is 11.1 Å². The summed E-state index contributed by atoms with van der Waals surface area (Å²) in [6, 6.07) is 8.08. The highest BCUT2D eigenvalue weighted by molar-refractivity contribution is 9.38. The zero-order chi connectivity index (χ0) is 9.19. The van der Waals surface area contributed by atoms with Crippen molar-refractivity contribution in [1.82, 2.24) is 0 Å². The largest absolute Gasteiger partial charge is 0.159 e. The molecule has 1 aromatic rings. The third kappa shape index (κ3) is 2.71. The highest BCUT2D eigenvalue weighted by atomic mass is 80.0. The van der Waals surface area contributed by atoms with Crippen molar-refractivity contribution in [2.24, 2.45) is 0 Å². The van der Waals surface area contributed by atoms with Crippen molar-refractivity contribution >= 4 is 53.9 Å². The molecule has 0 aliphatic heterocycles. The molecule has 0 saturated heterocycles. The molecule has 0 radical (unpaired) electrons. The summed E-state index contributed by atoms with van der Waals surface area (Å²) in [4.78, 5) is 0. The smallest absolute Gasteiger partial charge is 0.0985 e. The van der Waals surface area contributed by atoms with Crippen LogP contribution in [0.5, 0.6) is 0 Å². The van der Waals surface area contributed by atoms with E-state index < -0.39 is 0 Å². The Bertz CT molecular complexity index is 269. The van der Waals surface area contributed by atoms with Crippen LogP contribution in [0.15, 0.2) is 30.8 Å². The number of hydrogen-bond acceptors (Lipinski definition) is 0. The summed E-state index contributed by atoms with van der Waals surface area (Å²) < 4.78 is -0.313. The van der Waals surface area contributed by atoms with Crippen molar-refractivity contribution in [1.29, 1.82) is 0 Å². The van der Waals surface area contributed by atoms with Crippen LogP contribution in [0.4, 0.5) is 0 Å². The molecule has 0 atom stereocenters. The van der Waals surface area contributed by atoms with Crippen LogP contribution in [0.25, 0.3) is 6.08 Å². The second kappa shape index (κ2) is 4.07. The lowest BCUT2D eigenvalue weighted by Gasteiger charge is -2.11. The Hall–Kier alpha value is 0.400. The Balaban J connectivity index is 3.00. The van der Waals surface area contributed by atoms with Gasteiger partial charge in [0.25, 0.3) is 0 Å². The quantitative estimate of drug-likeness (QED) is 0.645. The maximum absolute atomic E-state index is 3.69. The lowest BCUT2D eigenvalue weighted by molar-refractivity contribution is 1.36. The van der Waals surface area contributed by atoms with Crippen LogP contribution in [-0.4, -0.2) is 0 Å². The van der Waals surface area contributed by atoms with Gasteiger partial charge in [0.2, 0.25) is 0 Å². The van der Waals surface area contributed by atoms with E-state index in [9.17, 15) is 0 Å². The maximum Gasteiger partial charge on any atom is 0.159 e. The Morgan fingerprint density at radius 3 is 1.92 bits per heavy atom. The lowest BCUT2D eigenvalue weighted by Crippen LogP contribution is -1.96. The third-order valence-corrected chi connectivity index (χ3v) is 2.85. The van der Waals surface area contributed by atoms with Crippen molar-refractivity contribution in [3.8, 4) is 0 Å². The van der Waals surface area contributed by atoms with Crippen LogP contribution in [0.2, 0.25) is 0 Å². The van der Waals surface area contributed by atoms with Gasteiger partial charge < -0.3 is 0 Å². The molecule has 12 heavy (non-hydrogen) atoms. The molecule has 64 valence electrons. The molecule has 0 fully saturated rings. The van der Waals surface area contributed by atoms with Crippen molar-refractivity contribution in [3.63, 3.8) is 0 Å². The molecule has 0 heterocycles. The first kappa shape index (κ1) is 10.5. The standard InChI is InChI=1S/C9H7Br3/c1-2-7-3-5-8(6-4-7)9(10,11)12/h2-6H,1H2. The average Bonchev–Trinajstić information content (AvgIpc) is 2.03. The first-order valence-corrected chi connectivity index (χ1v) is 5.71. The van der Waals surface area contributed by atoms with Crippen LogP contribution in [-0.2, 0) is 2.14 Å². The molecule has 0 nitrogen and oxygen atoms in total. The number of halogens is 3. The highest BCUT2D eigenvalue weighted by Gasteiger charge is 2.19. The molecule has 0 saturated carbocycles. The van der Waals surface area contributed by atoms with Crippen molar-refractivity contribution < 1.29 is 0 Å². The number of benzene rings is 1. The summed E-state index contributed by atoms with van der Waals surface area (Å²) in [6.45, 7) is 3.69. The van der Waals surface area contributed by atoms with Crippen LogP contribution < -0.4 is 0 Å². The Morgan fingerprint density at radius 1 is 1.08 bits per heavy atom. The molecule has 0 aromatic heterocycles. The summed E-state index contributed by atoms with van der Waals surface area (Å²) in [5.41, 5.74) is 2.24. The van der Waals surface area contributed by atoms with Gasteiger partial charge in [0.15, 0.2) is 2.14 Å². The second-order valence-corrected chi connectivity index (χ2v) is 9.08. The minimum Gasteiger partial charge on any atom is -0.0985 e. The SMILES string of the molecule is C=Cc1ccc(C(Br)(Br)Br)cc1. The van der Waals surface area contributed by atoms with Gasteiger partial charge in [-0.05, 0) is 11.1 Å². The van der Waals surface area contributed by atoms with E-state index in [2.05, 4.69) is 54.4 Å². The molecule has 0 spiro atoms. The molecule has 0 N–H and O–H groups in total. The molecule has 0 amide bonds. The summed E-state index contributed by atoms with van der Waals surface area (Å²) >= 11 is 10.3. The van der Waals surface area contributed by atoms with E-state index in [1.165, 1.54) is 0 Å². The molecule has 0 aliphatic rings. The molecular weight excluding hydrogens is 348 g/mol. The normalized spacial score (nSPS) is 11.2. The summed E-state index contributed by atoms with van der Waals surface area (Å²) in [6.07, 6.45) is 1.82.